The van der Waals surface area contributed by atoms with Gasteiger partial charge in [-0.15, -0.1) is 11.3 Å². The minimum absolute atomic E-state index is 0.0259. The van der Waals surface area contributed by atoms with E-state index in [9.17, 15) is 9.90 Å². The number of likely N-dealkylation sites (tertiary alicyclic amines) is 1. The molecule has 0 saturated carbocycles. The Bertz CT molecular complexity index is 761. The highest BCUT2D eigenvalue weighted by Crippen LogP contribution is 2.24. The van der Waals surface area contributed by atoms with E-state index < -0.39 is 0 Å². The Morgan fingerprint density at radius 2 is 1.86 bits per heavy atom. The maximum absolute atomic E-state index is 12.5. The molecule has 152 valence electrons. The Balaban J connectivity index is 1.51. The van der Waals surface area contributed by atoms with Crippen LogP contribution in [0.4, 0.5) is 0 Å². The molecule has 2 heterocycles. The Labute approximate surface area is 172 Å². The van der Waals surface area contributed by atoms with E-state index in [0.29, 0.717) is 6.54 Å². The molecular formula is C23H32N2O2S. The van der Waals surface area contributed by atoms with Crippen LogP contribution in [-0.4, -0.2) is 35.1 Å². The number of aryl methyl sites for hydroxylation is 2. The van der Waals surface area contributed by atoms with Crippen LogP contribution in [0.1, 0.15) is 64.3 Å². The van der Waals surface area contributed by atoms with Gasteiger partial charge in [0.05, 0.1) is 11.0 Å². The van der Waals surface area contributed by atoms with E-state index in [1.165, 1.54) is 16.0 Å². The first kappa shape index (κ1) is 21.0. The average Bonchev–Trinajstić information content (AvgIpc) is 3.12. The summed E-state index contributed by atoms with van der Waals surface area (Å²) < 4.78 is 0. The van der Waals surface area contributed by atoms with Crippen LogP contribution < -0.4 is 5.32 Å². The van der Waals surface area contributed by atoms with Crippen LogP contribution in [0.15, 0.2) is 30.3 Å². The van der Waals surface area contributed by atoms with Crippen molar-refractivity contribution in [3.05, 3.63) is 56.8 Å². The van der Waals surface area contributed by atoms with Crippen LogP contribution >= 0.6 is 11.3 Å². The number of hydrogen-bond acceptors (Lipinski definition) is 4. The number of amides is 1. The van der Waals surface area contributed by atoms with Crippen molar-refractivity contribution in [2.75, 3.05) is 13.1 Å². The highest BCUT2D eigenvalue weighted by molar-refractivity contribution is 7.14. The standard InChI is InChI=1S/C23H32N2O2S/c1-3-5-21-19(4-2)14-22(28-21)23(27)24-15-17-6-8-18(9-7-17)16-25-12-10-20(26)11-13-25/h6-9,14,20,26H,3-5,10-13,15-16H2,1-2H3,(H,24,27). The lowest BCUT2D eigenvalue weighted by molar-refractivity contribution is 0.0792. The molecule has 0 spiro atoms. The van der Waals surface area contributed by atoms with E-state index >= 15 is 0 Å². The van der Waals surface area contributed by atoms with Gasteiger partial charge in [0, 0.05) is 31.1 Å². The first-order valence-corrected chi connectivity index (χ1v) is 11.3. The van der Waals surface area contributed by atoms with Gasteiger partial charge in [-0.1, -0.05) is 44.5 Å². The van der Waals surface area contributed by atoms with Crippen molar-refractivity contribution < 1.29 is 9.90 Å². The van der Waals surface area contributed by atoms with Crippen LogP contribution in [0.5, 0.6) is 0 Å². The summed E-state index contributed by atoms with van der Waals surface area (Å²) in [5, 5.41) is 12.7. The molecule has 0 unspecified atom stereocenters. The molecule has 28 heavy (non-hydrogen) atoms. The van der Waals surface area contributed by atoms with Gasteiger partial charge in [0.1, 0.15) is 0 Å². The number of nitrogens with one attached hydrogen (secondary N) is 1. The molecule has 1 aromatic heterocycles. The Hall–Kier alpha value is -1.69. The Morgan fingerprint density at radius 1 is 1.18 bits per heavy atom. The third-order valence-electron chi connectivity index (χ3n) is 5.42. The largest absolute Gasteiger partial charge is 0.393 e. The molecular weight excluding hydrogens is 368 g/mol. The average molecular weight is 401 g/mol. The van der Waals surface area contributed by atoms with Gasteiger partial charge in [0.2, 0.25) is 0 Å². The number of nitrogens with zero attached hydrogens (tertiary/aromatic N) is 1. The normalized spacial score (nSPS) is 15.7. The van der Waals surface area contributed by atoms with Gasteiger partial charge < -0.3 is 10.4 Å². The summed E-state index contributed by atoms with van der Waals surface area (Å²) in [5.74, 6) is 0.0259. The molecule has 0 aliphatic carbocycles. The fraction of sp³-hybridized carbons (Fsp3) is 0.522. The summed E-state index contributed by atoms with van der Waals surface area (Å²) in [6.45, 7) is 7.72. The van der Waals surface area contributed by atoms with Gasteiger partial charge in [-0.25, -0.2) is 0 Å². The lowest BCUT2D eigenvalue weighted by atomic mass is 10.1. The number of piperidine rings is 1. The molecule has 2 N–H and O–H groups in total. The number of aliphatic hydroxyl groups excluding tert-OH is 1. The number of carbonyl (C=O) groups is 1. The Kier molecular flexibility index (Phi) is 7.65. The maximum atomic E-state index is 12.5. The second kappa shape index (κ2) is 10.2. The van der Waals surface area contributed by atoms with Crippen LogP contribution in [0.25, 0.3) is 0 Å². The topological polar surface area (TPSA) is 52.6 Å². The van der Waals surface area contributed by atoms with E-state index in [4.69, 9.17) is 0 Å². The van der Waals surface area contributed by atoms with Crippen molar-refractivity contribution in [1.29, 1.82) is 0 Å². The van der Waals surface area contributed by atoms with Gasteiger partial charge in [-0.05, 0) is 48.4 Å². The SMILES string of the molecule is CCCc1sc(C(=O)NCc2ccc(CN3CCC(O)CC3)cc2)cc1CC. The summed E-state index contributed by atoms with van der Waals surface area (Å²) >= 11 is 1.64. The molecule has 0 atom stereocenters. The Morgan fingerprint density at radius 3 is 2.50 bits per heavy atom. The predicted octanol–water partition coefficient (Wildman–Crippen LogP) is 4.15. The molecule has 1 aromatic carbocycles. The quantitative estimate of drug-likeness (QED) is 0.700. The smallest absolute Gasteiger partial charge is 0.261 e. The van der Waals surface area contributed by atoms with Gasteiger partial charge in [-0.2, -0.15) is 0 Å². The summed E-state index contributed by atoms with van der Waals surface area (Å²) in [5.41, 5.74) is 3.71. The van der Waals surface area contributed by atoms with Crippen LogP contribution in [-0.2, 0) is 25.9 Å². The number of carbonyl (C=O) groups excluding carboxylic acids is 1. The van der Waals surface area contributed by atoms with Crippen molar-refractivity contribution in [3.8, 4) is 0 Å². The van der Waals surface area contributed by atoms with Crippen molar-refractivity contribution in [1.82, 2.24) is 10.2 Å². The number of benzene rings is 1. The van der Waals surface area contributed by atoms with Crippen molar-refractivity contribution >= 4 is 17.2 Å². The maximum Gasteiger partial charge on any atom is 0.261 e. The molecule has 1 saturated heterocycles. The molecule has 2 aromatic rings. The van der Waals surface area contributed by atoms with Crippen LogP contribution in [0.2, 0.25) is 0 Å². The zero-order valence-corrected chi connectivity index (χ0v) is 17.9. The lowest BCUT2D eigenvalue weighted by Crippen LogP contribution is -2.35. The van der Waals surface area contributed by atoms with Crippen molar-refractivity contribution in [2.45, 2.75) is 65.1 Å². The highest BCUT2D eigenvalue weighted by Gasteiger charge is 2.17. The van der Waals surface area contributed by atoms with E-state index in [2.05, 4.69) is 54.4 Å². The molecule has 1 amide bonds. The number of thiophene rings is 1. The fourth-order valence-corrected chi connectivity index (χ4v) is 4.96. The van der Waals surface area contributed by atoms with Gasteiger partial charge in [-0.3, -0.25) is 9.69 Å². The number of rotatable bonds is 8. The lowest BCUT2D eigenvalue weighted by Gasteiger charge is -2.29. The highest BCUT2D eigenvalue weighted by atomic mass is 32.1. The minimum Gasteiger partial charge on any atom is -0.393 e. The molecule has 0 bridgehead atoms. The molecule has 1 fully saturated rings. The first-order chi connectivity index (χ1) is 13.6. The van der Waals surface area contributed by atoms with Crippen molar-refractivity contribution in [2.24, 2.45) is 0 Å². The number of aliphatic hydroxyl groups is 1. The first-order valence-electron chi connectivity index (χ1n) is 10.5. The minimum atomic E-state index is -0.128. The summed E-state index contributed by atoms with van der Waals surface area (Å²) in [6, 6.07) is 10.5. The zero-order chi connectivity index (χ0) is 19.9. The van der Waals surface area contributed by atoms with Gasteiger partial charge in [0.15, 0.2) is 0 Å². The second-order valence-corrected chi connectivity index (χ2v) is 8.81. The van der Waals surface area contributed by atoms with E-state index in [-0.39, 0.29) is 12.0 Å². The van der Waals surface area contributed by atoms with Crippen LogP contribution in [0, 0.1) is 0 Å². The van der Waals surface area contributed by atoms with Crippen LogP contribution in [0.3, 0.4) is 0 Å². The molecule has 5 heteroatoms. The van der Waals surface area contributed by atoms with Crippen molar-refractivity contribution in [3.63, 3.8) is 0 Å². The number of hydrogen-bond donors (Lipinski definition) is 2. The summed E-state index contributed by atoms with van der Waals surface area (Å²) in [7, 11) is 0. The molecule has 0 radical (unpaired) electrons. The van der Waals surface area contributed by atoms with Gasteiger partial charge >= 0.3 is 0 Å². The van der Waals surface area contributed by atoms with Gasteiger partial charge in [0.25, 0.3) is 5.91 Å². The molecule has 1 aliphatic heterocycles. The van der Waals surface area contributed by atoms with E-state index in [0.717, 1.165) is 62.2 Å². The fourth-order valence-electron chi connectivity index (χ4n) is 3.68. The molecule has 1 aliphatic rings. The third kappa shape index (κ3) is 5.66. The van der Waals surface area contributed by atoms with E-state index in [1.807, 2.05) is 0 Å². The summed E-state index contributed by atoms with van der Waals surface area (Å²) in [6.07, 6.45) is 4.75. The molecule has 3 rings (SSSR count). The predicted molar refractivity (Wildman–Crippen MR) is 116 cm³/mol. The van der Waals surface area contributed by atoms with E-state index in [1.54, 1.807) is 11.3 Å². The second-order valence-electron chi connectivity index (χ2n) is 7.67. The zero-order valence-electron chi connectivity index (χ0n) is 17.0. The monoisotopic (exact) mass is 400 g/mol. The summed E-state index contributed by atoms with van der Waals surface area (Å²) in [4.78, 5) is 17.1. The third-order valence-corrected chi connectivity index (χ3v) is 6.65. The molecule has 4 nitrogen and oxygen atoms in total.